The quantitative estimate of drug-likeness (QED) is 0.609. The van der Waals surface area contributed by atoms with Gasteiger partial charge in [-0.05, 0) is 43.7 Å². The van der Waals surface area contributed by atoms with E-state index in [4.69, 9.17) is 19.6 Å². The van der Waals surface area contributed by atoms with Crippen molar-refractivity contribution in [1.82, 2.24) is 14.6 Å². The highest BCUT2D eigenvalue weighted by Gasteiger charge is 2.27. The molecule has 0 N–H and O–H groups in total. The van der Waals surface area contributed by atoms with Crippen molar-refractivity contribution in [2.24, 2.45) is 11.8 Å². The van der Waals surface area contributed by atoms with Crippen LogP contribution >= 0.6 is 0 Å². The topological polar surface area (TPSA) is 51.9 Å². The fourth-order valence-electron chi connectivity index (χ4n) is 4.81. The first kappa shape index (κ1) is 20.5. The number of ether oxygens (including phenoxy) is 2. The first-order chi connectivity index (χ1) is 14.4. The summed E-state index contributed by atoms with van der Waals surface area (Å²) >= 11 is 0. The smallest absolute Gasteiger partial charge is 0.158 e. The highest BCUT2D eigenvalue weighted by atomic mass is 16.5. The van der Waals surface area contributed by atoms with E-state index < -0.39 is 0 Å². The van der Waals surface area contributed by atoms with Crippen LogP contribution in [0.3, 0.4) is 0 Å². The zero-order valence-electron chi connectivity index (χ0n) is 18.9. The van der Waals surface area contributed by atoms with Gasteiger partial charge in [0.2, 0.25) is 0 Å². The van der Waals surface area contributed by atoms with Gasteiger partial charge in [-0.2, -0.15) is 9.61 Å². The molecule has 0 saturated carbocycles. The van der Waals surface area contributed by atoms with Gasteiger partial charge in [-0.3, -0.25) is 0 Å². The van der Waals surface area contributed by atoms with Crippen LogP contribution in [0.1, 0.15) is 38.4 Å². The summed E-state index contributed by atoms with van der Waals surface area (Å²) in [5.41, 5.74) is 5.06. The molecule has 0 bridgehead atoms. The van der Waals surface area contributed by atoms with Crippen LogP contribution in [0.25, 0.3) is 16.9 Å². The zero-order valence-corrected chi connectivity index (χ0v) is 18.9. The number of aromatic nitrogens is 3. The van der Waals surface area contributed by atoms with E-state index in [0.29, 0.717) is 11.8 Å². The van der Waals surface area contributed by atoms with E-state index in [2.05, 4.69) is 38.7 Å². The minimum atomic E-state index is 0.666. The van der Waals surface area contributed by atoms with E-state index in [1.54, 1.807) is 14.2 Å². The number of methoxy groups -OCH3 is 2. The first-order valence-corrected chi connectivity index (χ1v) is 10.8. The number of anilines is 1. The number of nitrogens with zero attached hydrogens (tertiary/aromatic N) is 4. The van der Waals surface area contributed by atoms with Crippen LogP contribution in [0.4, 0.5) is 5.82 Å². The van der Waals surface area contributed by atoms with E-state index in [0.717, 1.165) is 53.6 Å². The predicted molar refractivity (Wildman–Crippen MR) is 121 cm³/mol. The average Bonchev–Trinajstić information content (AvgIpc) is 3.14. The predicted octanol–water partition coefficient (Wildman–Crippen LogP) is 4.77. The molecule has 3 aromatic rings. The Hall–Kier alpha value is -2.76. The number of rotatable bonds is 5. The molecule has 3 heterocycles. The lowest BCUT2D eigenvalue weighted by Crippen LogP contribution is -2.40. The number of fused-ring (bicyclic) bond motifs is 1. The maximum Gasteiger partial charge on any atom is 0.158 e. The molecular formula is C24H32N4O2. The average molecular weight is 409 g/mol. The van der Waals surface area contributed by atoms with Crippen LogP contribution in [0.2, 0.25) is 0 Å². The fraction of sp³-hybridized carbons (Fsp3) is 0.500. The highest BCUT2D eigenvalue weighted by molar-refractivity contribution is 5.69. The SMILES string of the molecule is CCc1c(C)nc2cc(-c3cc(OC)cc(OC)c3)nn2c1N1CC(C)CC(C)C1. The third kappa shape index (κ3) is 3.71. The van der Waals surface area contributed by atoms with Gasteiger partial charge < -0.3 is 14.4 Å². The van der Waals surface area contributed by atoms with Crippen molar-refractivity contribution in [3.05, 3.63) is 35.5 Å². The van der Waals surface area contributed by atoms with Gasteiger partial charge in [0, 0.05) is 42.0 Å². The molecule has 1 aliphatic heterocycles. The Morgan fingerprint density at radius 2 is 1.63 bits per heavy atom. The normalized spacial score (nSPS) is 19.3. The van der Waals surface area contributed by atoms with E-state index in [1.165, 1.54) is 17.8 Å². The van der Waals surface area contributed by atoms with Crippen molar-refractivity contribution in [3.63, 3.8) is 0 Å². The summed E-state index contributed by atoms with van der Waals surface area (Å²) in [7, 11) is 3.33. The van der Waals surface area contributed by atoms with E-state index in [1.807, 2.05) is 22.7 Å². The molecule has 1 aromatic carbocycles. The van der Waals surface area contributed by atoms with Crippen molar-refractivity contribution in [1.29, 1.82) is 0 Å². The molecule has 6 heteroatoms. The van der Waals surface area contributed by atoms with Gasteiger partial charge in [-0.1, -0.05) is 20.8 Å². The third-order valence-corrected chi connectivity index (χ3v) is 6.05. The summed E-state index contributed by atoms with van der Waals surface area (Å²) in [6, 6.07) is 7.91. The fourth-order valence-corrected chi connectivity index (χ4v) is 4.81. The van der Waals surface area contributed by atoms with Crippen LogP contribution in [0, 0.1) is 18.8 Å². The molecule has 30 heavy (non-hydrogen) atoms. The minimum absolute atomic E-state index is 0.666. The molecule has 1 saturated heterocycles. The van der Waals surface area contributed by atoms with Crippen LogP contribution in [0.5, 0.6) is 11.5 Å². The molecule has 0 spiro atoms. The molecule has 0 amide bonds. The Bertz CT molecular complexity index is 1030. The molecule has 2 atom stereocenters. The minimum Gasteiger partial charge on any atom is -0.497 e. The summed E-state index contributed by atoms with van der Waals surface area (Å²) < 4.78 is 12.9. The largest absolute Gasteiger partial charge is 0.497 e. The molecule has 2 unspecified atom stereocenters. The van der Waals surface area contributed by atoms with Gasteiger partial charge in [0.1, 0.15) is 17.3 Å². The monoisotopic (exact) mass is 408 g/mol. The molecule has 0 aliphatic carbocycles. The number of hydrogen-bond acceptors (Lipinski definition) is 5. The molecule has 1 fully saturated rings. The summed E-state index contributed by atoms with van der Waals surface area (Å²) in [6.07, 6.45) is 2.21. The molecule has 0 radical (unpaired) electrons. The van der Waals surface area contributed by atoms with Crippen molar-refractivity contribution < 1.29 is 9.47 Å². The molecule has 160 valence electrons. The zero-order chi connectivity index (χ0) is 21.4. The van der Waals surface area contributed by atoms with Crippen LogP contribution in [-0.4, -0.2) is 41.9 Å². The summed E-state index contributed by atoms with van der Waals surface area (Å²) in [5.74, 6) is 4.02. The van der Waals surface area contributed by atoms with Gasteiger partial charge in [0.15, 0.2) is 5.65 Å². The van der Waals surface area contributed by atoms with Crippen molar-refractivity contribution >= 4 is 11.5 Å². The Kier molecular flexibility index (Phi) is 5.58. The van der Waals surface area contributed by atoms with E-state index >= 15 is 0 Å². The number of piperidine rings is 1. The summed E-state index contributed by atoms with van der Waals surface area (Å²) in [5, 5.41) is 5.01. The van der Waals surface area contributed by atoms with Crippen LogP contribution in [-0.2, 0) is 6.42 Å². The standard InChI is InChI=1S/C24H32N4O2/c1-7-21-17(4)25-23-12-22(18-9-19(29-5)11-20(10-18)30-6)26-28(23)24(21)27-13-15(2)8-16(3)14-27/h9-12,15-16H,7-8,13-14H2,1-6H3. The lowest BCUT2D eigenvalue weighted by molar-refractivity contribution is 0.353. The van der Waals surface area contributed by atoms with Crippen LogP contribution in [0.15, 0.2) is 24.3 Å². The molecule has 1 aliphatic rings. The molecule has 4 rings (SSSR count). The van der Waals surface area contributed by atoms with E-state index in [9.17, 15) is 0 Å². The second-order valence-electron chi connectivity index (χ2n) is 8.60. The second kappa shape index (κ2) is 8.17. The van der Waals surface area contributed by atoms with Gasteiger partial charge in [-0.15, -0.1) is 0 Å². The lowest BCUT2D eigenvalue weighted by Gasteiger charge is -2.37. The van der Waals surface area contributed by atoms with Crippen molar-refractivity contribution in [3.8, 4) is 22.8 Å². The molecule has 2 aromatic heterocycles. The maximum absolute atomic E-state index is 5.45. The number of hydrogen-bond donors (Lipinski definition) is 0. The highest BCUT2D eigenvalue weighted by Crippen LogP contribution is 2.34. The number of aryl methyl sites for hydroxylation is 1. The van der Waals surface area contributed by atoms with E-state index in [-0.39, 0.29) is 0 Å². The Balaban J connectivity index is 1.89. The van der Waals surface area contributed by atoms with Crippen molar-refractivity contribution in [2.45, 2.75) is 40.5 Å². The second-order valence-corrected chi connectivity index (χ2v) is 8.60. The lowest BCUT2D eigenvalue weighted by atomic mass is 9.91. The maximum atomic E-state index is 5.45. The first-order valence-electron chi connectivity index (χ1n) is 10.8. The van der Waals surface area contributed by atoms with Crippen molar-refractivity contribution in [2.75, 3.05) is 32.2 Å². The van der Waals surface area contributed by atoms with Gasteiger partial charge in [-0.25, -0.2) is 4.98 Å². The van der Waals surface area contributed by atoms with Crippen LogP contribution < -0.4 is 14.4 Å². The summed E-state index contributed by atoms with van der Waals surface area (Å²) in [4.78, 5) is 7.40. The molecule has 6 nitrogen and oxygen atoms in total. The third-order valence-electron chi connectivity index (χ3n) is 6.05. The molecular weight excluding hydrogens is 376 g/mol. The van der Waals surface area contributed by atoms with Gasteiger partial charge in [0.25, 0.3) is 0 Å². The Morgan fingerprint density at radius 1 is 1.00 bits per heavy atom. The Morgan fingerprint density at radius 3 is 2.20 bits per heavy atom. The Labute approximate surface area is 178 Å². The number of benzene rings is 1. The van der Waals surface area contributed by atoms with Gasteiger partial charge >= 0.3 is 0 Å². The van der Waals surface area contributed by atoms with Gasteiger partial charge in [0.05, 0.1) is 19.9 Å². The summed E-state index contributed by atoms with van der Waals surface area (Å²) in [6.45, 7) is 11.1.